The first-order valence-electron chi connectivity index (χ1n) is 8.11. The van der Waals surface area contributed by atoms with E-state index in [-0.39, 0.29) is 11.9 Å². The average molecular weight is 330 g/mol. The lowest BCUT2D eigenvalue weighted by atomic mass is 9.99. The van der Waals surface area contributed by atoms with E-state index in [0.29, 0.717) is 29.0 Å². The second-order valence-corrected chi connectivity index (χ2v) is 6.05. The first kappa shape index (κ1) is 16.6. The molecule has 3 rings (SSSR count). The minimum Gasteiger partial charge on any atom is -0.481 e. The molecular weight excluding hydrogens is 308 g/mol. The summed E-state index contributed by atoms with van der Waals surface area (Å²) >= 11 is 0. The Morgan fingerprint density at radius 2 is 2.29 bits per heavy atom. The number of ether oxygens (including phenoxy) is 1. The maximum atomic E-state index is 11.6. The number of carbonyl (C=O) groups excluding carboxylic acids is 1. The number of β-amino-alcohol motifs (C(OH)–C–C–N with tert-alkyl or cyclic N) is 1. The van der Waals surface area contributed by atoms with Crippen molar-refractivity contribution in [3.05, 3.63) is 30.0 Å². The van der Waals surface area contributed by atoms with Crippen LogP contribution in [0.1, 0.15) is 30.9 Å². The van der Waals surface area contributed by atoms with Gasteiger partial charge in [0.05, 0.1) is 30.3 Å². The van der Waals surface area contributed by atoms with E-state index in [1.165, 1.54) is 0 Å². The molecule has 7 heteroatoms. The van der Waals surface area contributed by atoms with Crippen molar-refractivity contribution in [2.45, 2.75) is 31.4 Å². The lowest BCUT2D eigenvalue weighted by molar-refractivity contribution is -0.125. The molecule has 0 saturated carbocycles. The van der Waals surface area contributed by atoms with Crippen LogP contribution < -0.4 is 10.5 Å². The van der Waals surface area contributed by atoms with Gasteiger partial charge in [-0.25, -0.2) is 4.98 Å². The number of hydrogen-bond acceptors (Lipinski definition) is 6. The summed E-state index contributed by atoms with van der Waals surface area (Å²) < 4.78 is 5.16. The number of rotatable bonds is 5. The maximum Gasteiger partial charge on any atom is 0.234 e. The number of likely N-dealkylation sites (tertiary alicyclic amines) is 1. The molecule has 3 N–H and O–H groups in total. The third kappa shape index (κ3) is 3.32. The molecule has 1 saturated heterocycles. The van der Waals surface area contributed by atoms with E-state index in [9.17, 15) is 9.90 Å². The molecule has 1 aliphatic rings. The van der Waals surface area contributed by atoms with Crippen molar-refractivity contribution in [1.82, 2.24) is 14.9 Å². The highest BCUT2D eigenvalue weighted by molar-refractivity contribution is 5.80. The number of nitrogens with zero attached hydrogens (tertiary/aromatic N) is 3. The fourth-order valence-corrected chi connectivity index (χ4v) is 3.26. The molecular formula is C17H22N4O3. The van der Waals surface area contributed by atoms with Gasteiger partial charge in [-0.15, -0.1) is 0 Å². The van der Waals surface area contributed by atoms with Gasteiger partial charge in [0.15, 0.2) is 0 Å². The number of amides is 1. The van der Waals surface area contributed by atoms with Crippen LogP contribution in [0.2, 0.25) is 0 Å². The fourth-order valence-electron chi connectivity index (χ4n) is 3.26. The van der Waals surface area contributed by atoms with E-state index in [4.69, 9.17) is 10.5 Å². The maximum absolute atomic E-state index is 11.6. The van der Waals surface area contributed by atoms with Crippen LogP contribution >= 0.6 is 0 Å². The van der Waals surface area contributed by atoms with Crippen molar-refractivity contribution < 1.29 is 14.6 Å². The summed E-state index contributed by atoms with van der Waals surface area (Å²) in [5.74, 6) is 0.137. The molecule has 0 aromatic carbocycles. The zero-order valence-electron chi connectivity index (χ0n) is 13.7. The number of hydrogen-bond donors (Lipinski definition) is 2. The Morgan fingerprint density at radius 1 is 1.46 bits per heavy atom. The molecule has 1 aliphatic heterocycles. The number of aromatic nitrogens is 2. The number of methoxy groups -OCH3 is 1. The number of piperidine rings is 1. The SMILES string of the molecule is COc1ccc2nccc([C@@H](O)CN3CCCCC3C(N)=O)c2n1. The Balaban J connectivity index is 1.87. The summed E-state index contributed by atoms with van der Waals surface area (Å²) in [4.78, 5) is 22.3. The van der Waals surface area contributed by atoms with Crippen LogP contribution in [0.5, 0.6) is 5.88 Å². The molecule has 0 spiro atoms. The minimum absolute atomic E-state index is 0.316. The highest BCUT2D eigenvalue weighted by Gasteiger charge is 2.29. The summed E-state index contributed by atoms with van der Waals surface area (Å²) in [7, 11) is 1.55. The Hall–Kier alpha value is -2.25. The highest BCUT2D eigenvalue weighted by atomic mass is 16.5. The van der Waals surface area contributed by atoms with Crippen LogP contribution in [0.3, 0.4) is 0 Å². The highest BCUT2D eigenvalue weighted by Crippen LogP contribution is 2.26. The molecule has 24 heavy (non-hydrogen) atoms. The van der Waals surface area contributed by atoms with Crippen LogP contribution in [0.15, 0.2) is 24.4 Å². The van der Waals surface area contributed by atoms with Gasteiger partial charge in [0, 0.05) is 24.4 Å². The van der Waals surface area contributed by atoms with Gasteiger partial charge in [0.1, 0.15) is 0 Å². The summed E-state index contributed by atoms with van der Waals surface area (Å²) in [5.41, 5.74) is 7.47. The van der Waals surface area contributed by atoms with E-state index in [2.05, 4.69) is 9.97 Å². The third-order valence-electron chi connectivity index (χ3n) is 4.51. The van der Waals surface area contributed by atoms with Crippen LogP contribution in [-0.2, 0) is 4.79 Å². The first-order valence-corrected chi connectivity index (χ1v) is 8.11. The zero-order valence-corrected chi connectivity index (χ0v) is 13.7. The topological polar surface area (TPSA) is 102 Å². The van der Waals surface area contributed by atoms with Gasteiger partial charge in [-0.2, -0.15) is 0 Å². The Bertz CT molecular complexity index is 737. The zero-order chi connectivity index (χ0) is 17.1. The molecule has 1 unspecified atom stereocenters. The number of aliphatic hydroxyl groups excluding tert-OH is 1. The molecule has 2 aromatic heterocycles. The molecule has 2 atom stereocenters. The van der Waals surface area contributed by atoms with Crippen molar-refractivity contribution in [2.24, 2.45) is 5.73 Å². The third-order valence-corrected chi connectivity index (χ3v) is 4.51. The Kier molecular flexibility index (Phi) is 4.92. The second kappa shape index (κ2) is 7.11. The number of primary amides is 1. The van der Waals surface area contributed by atoms with Gasteiger partial charge in [0.25, 0.3) is 0 Å². The second-order valence-electron chi connectivity index (χ2n) is 6.05. The standard InChI is InChI=1S/C17H22N4O3/c1-24-15-6-5-12-16(20-15)11(7-8-19-12)14(22)10-21-9-3-2-4-13(21)17(18)23/h5-8,13-14,22H,2-4,9-10H2,1H3,(H2,18,23)/t13?,14-/m0/s1. The lowest BCUT2D eigenvalue weighted by Crippen LogP contribution is -2.49. The van der Waals surface area contributed by atoms with Gasteiger partial charge in [-0.1, -0.05) is 6.42 Å². The van der Waals surface area contributed by atoms with Crippen LogP contribution in [-0.4, -0.2) is 52.1 Å². The normalized spacial score (nSPS) is 20.0. The smallest absolute Gasteiger partial charge is 0.234 e. The van der Waals surface area contributed by atoms with Crippen molar-refractivity contribution in [3.8, 4) is 5.88 Å². The number of aliphatic hydroxyl groups is 1. The largest absolute Gasteiger partial charge is 0.481 e. The molecule has 128 valence electrons. The minimum atomic E-state index is -0.782. The summed E-state index contributed by atoms with van der Waals surface area (Å²) in [6, 6.07) is 4.98. The molecule has 0 bridgehead atoms. The van der Waals surface area contributed by atoms with E-state index < -0.39 is 6.10 Å². The summed E-state index contributed by atoms with van der Waals surface area (Å²) in [5, 5.41) is 10.7. The molecule has 0 aliphatic carbocycles. The van der Waals surface area contributed by atoms with E-state index in [0.717, 1.165) is 25.8 Å². The quantitative estimate of drug-likeness (QED) is 0.848. The van der Waals surface area contributed by atoms with Crippen LogP contribution in [0.4, 0.5) is 0 Å². The molecule has 1 amide bonds. The van der Waals surface area contributed by atoms with Gasteiger partial charge in [-0.3, -0.25) is 14.7 Å². The predicted octanol–water partition coefficient (Wildman–Crippen LogP) is 1.01. The molecule has 7 nitrogen and oxygen atoms in total. The van der Waals surface area contributed by atoms with Crippen molar-refractivity contribution >= 4 is 16.9 Å². The van der Waals surface area contributed by atoms with Crippen molar-refractivity contribution in [2.75, 3.05) is 20.2 Å². The number of pyridine rings is 2. The van der Waals surface area contributed by atoms with Crippen LogP contribution in [0.25, 0.3) is 11.0 Å². The number of fused-ring (bicyclic) bond motifs is 1. The van der Waals surface area contributed by atoms with Gasteiger partial charge in [-0.05, 0) is 31.5 Å². The molecule has 3 heterocycles. The van der Waals surface area contributed by atoms with Gasteiger partial charge < -0.3 is 15.6 Å². The van der Waals surface area contributed by atoms with E-state index in [1.54, 1.807) is 25.4 Å². The summed E-state index contributed by atoms with van der Waals surface area (Å²) in [6.07, 6.45) is 3.59. The fraction of sp³-hybridized carbons (Fsp3) is 0.471. The number of carbonyl (C=O) groups is 1. The van der Waals surface area contributed by atoms with E-state index in [1.807, 2.05) is 11.0 Å². The Labute approximate surface area is 140 Å². The molecule has 2 aromatic rings. The molecule has 0 radical (unpaired) electrons. The molecule has 1 fully saturated rings. The van der Waals surface area contributed by atoms with Crippen LogP contribution in [0, 0.1) is 0 Å². The average Bonchev–Trinajstić information content (AvgIpc) is 2.60. The summed E-state index contributed by atoms with van der Waals surface area (Å²) in [6.45, 7) is 1.09. The first-order chi connectivity index (χ1) is 11.6. The predicted molar refractivity (Wildman–Crippen MR) is 89.5 cm³/mol. The van der Waals surface area contributed by atoms with Crippen molar-refractivity contribution in [3.63, 3.8) is 0 Å². The monoisotopic (exact) mass is 330 g/mol. The number of nitrogens with two attached hydrogens (primary N) is 1. The van der Waals surface area contributed by atoms with Crippen molar-refractivity contribution in [1.29, 1.82) is 0 Å². The van der Waals surface area contributed by atoms with E-state index >= 15 is 0 Å². The Morgan fingerprint density at radius 3 is 3.04 bits per heavy atom. The lowest BCUT2D eigenvalue weighted by Gasteiger charge is -2.35. The van der Waals surface area contributed by atoms with Gasteiger partial charge >= 0.3 is 0 Å². The van der Waals surface area contributed by atoms with Gasteiger partial charge in [0.2, 0.25) is 11.8 Å².